The molecule has 0 amide bonds. The van der Waals surface area contributed by atoms with E-state index >= 15 is 0 Å². The van der Waals surface area contributed by atoms with Crippen LogP contribution in [0.25, 0.3) is 38.9 Å². The highest BCUT2D eigenvalue weighted by atomic mass is 19.3. The van der Waals surface area contributed by atoms with E-state index in [0.29, 0.717) is 34.9 Å². The lowest BCUT2D eigenvalue weighted by atomic mass is 10.1. The van der Waals surface area contributed by atoms with Crippen LogP contribution in [0.3, 0.4) is 0 Å². The number of imidazole rings is 1. The fourth-order valence-corrected chi connectivity index (χ4v) is 4.59. The topological polar surface area (TPSA) is 88.9 Å². The molecule has 0 unspecified atom stereocenters. The number of alkyl halides is 2. The van der Waals surface area contributed by atoms with Crippen molar-refractivity contribution in [2.75, 3.05) is 0 Å². The number of benzene rings is 2. The summed E-state index contributed by atoms with van der Waals surface area (Å²) in [5, 5.41) is 9.81. The highest BCUT2D eigenvalue weighted by Gasteiger charge is 2.28. The van der Waals surface area contributed by atoms with Crippen molar-refractivity contribution in [3.8, 4) is 22.6 Å². The normalized spacial score (nSPS) is 13.8. The van der Waals surface area contributed by atoms with Gasteiger partial charge in [-0.05, 0) is 54.7 Å². The van der Waals surface area contributed by atoms with Gasteiger partial charge in [-0.1, -0.05) is 12.1 Å². The zero-order chi connectivity index (χ0) is 25.1. The Balaban J connectivity index is 1.63. The predicted molar refractivity (Wildman–Crippen MR) is 130 cm³/mol. The van der Waals surface area contributed by atoms with Gasteiger partial charge in [0, 0.05) is 32.2 Å². The summed E-state index contributed by atoms with van der Waals surface area (Å²) >= 11 is 0. The van der Waals surface area contributed by atoms with Gasteiger partial charge in [0.25, 0.3) is 5.56 Å². The molecule has 0 atom stereocenters. The fourth-order valence-electron chi connectivity index (χ4n) is 4.59. The summed E-state index contributed by atoms with van der Waals surface area (Å²) in [6.07, 6.45) is 3.88. The molecule has 0 saturated heterocycles. The maximum atomic E-state index is 14.0. The van der Waals surface area contributed by atoms with E-state index in [9.17, 15) is 18.4 Å². The summed E-state index contributed by atoms with van der Waals surface area (Å²) in [7, 11) is 3.44. The van der Waals surface area contributed by atoms with E-state index in [-0.39, 0.29) is 17.0 Å². The number of aromatic nitrogens is 6. The quantitative estimate of drug-likeness (QED) is 0.362. The first kappa shape index (κ1) is 22.2. The molecule has 5 aromatic rings. The van der Waals surface area contributed by atoms with Crippen molar-refractivity contribution in [1.29, 1.82) is 0 Å². The van der Waals surface area contributed by atoms with E-state index in [4.69, 9.17) is 0 Å². The van der Waals surface area contributed by atoms with Gasteiger partial charge < -0.3 is 4.74 Å². The lowest BCUT2D eigenvalue weighted by Crippen LogP contribution is -2.24. The monoisotopic (exact) mass is 492 g/mol. The second-order valence-corrected chi connectivity index (χ2v) is 9.11. The van der Waals surface area contributed by atoms with Crippen LogP contribution in [0.5, 0.6) is 5.75 Å². The van der Waals surface area contributed by atoms with Gasteiger partial charge in [-0.3, -0.25) is 18.6 Å². The molecular formula is C25H22F2N6O3. The summed E-state index contributed by atoms with van der Waals surface area (Å²) < 4.78 is 35.8. The molecule has 184 valence electrons. The number of hydrogen-bond donors (Lipinski definition) is 0. The largest absolute Gasteiger partial charge is 0.435 e. The van der Waals surface area contributed by atoms with Gasteiger partial charge in [0.05, 0.1) is 16.8 Å². The Morgan fingerprint density at radius 3 is 2.50 bits per heavy atom. The SMILES string of the molecule is Cn1cc2cc(-n3nc4c(c(-c5ccc(OC(F)F)cc5)c3=O)n(CC3CC3)c(=O)n4C)ccc2n1. The maximum Gasteiger partial charge on any atom is 0.387 e. The van der Waals surface area contributed by atoms with E-state index in [2.05, 4.69) is 14.9 Å². The van der Waals surface area contributed by atoms with Crippen LogP contribution in [0.15, 0.2) is 58.3 Å². The van der Waals surface area contributed by atoms with E-state index in [1.165, 1.54) is 21.4 Å². The molecule has 1 aliphatic carbocycles. The molecule has 0 spiro atoms. The smallest absolute Gasteiger partial charge is 0.387 e. The molecule has 0 radical (unpaired) electrons. The standard InChI is InChI=1S/C25H22F2N6O3/c1-30-13-16-11-17(7-10-19(16)28-30)33-23(34)20(15-5-8-18(9-6-15)36-24(26)27)21-22(29-33)31(2)25(35)32(21)12-14-3-4-14/h5-11,13-14,24H,3-4,12H2,1-2H3. The van der Waals surface area contributed by atoms with Crippen LogP contribution >= 0.6 is 0 Å². The van der Waals surface area contributed by atoms with Crippen molar-refractivity contribution in [3.63, 3.8) is 0 Å². The van der Waals surface area contributed by atoms with Gasteiger partial charge in [0.15, 0.2) is 5.65 Å². The third kappa shape index (κ3) is 3.67. The highest BCUT2D eigenvalue weighted by Crippen LogP contribution is 2.33. The maximum absolute atomic E-state index is 14.0. The lowest BCUT2D eigenvalue weighted by Gasteiger charge is -2.12. The summed E-state index contributed by atoms with van der Waals surface area (Å²) in [5.74, 6) is 0.350. The molecule has 36 heavy (non-hydrogen) atoms. The molecule has 9 nitrogen and oxygen atoms in total. The fraction of sp³-hybridized carbons (Fsp3) is 0.280. The van der Waals surface area contributed by atoms with Crippen LogP contribution in [0.2, 0.25) is 0 Å². The van der Waals surface area contributed by atoms with E-state index in [0.717, 1.165) is 23.7 Å². The van der Waals surface area contributed by atoms with Crippen molar-refractivity contribution in [2.45, 2.75) is 26.0 Å². The highest BCUT2D eigenvalue weighted by molar-refractivity contribution is 5.90. The molecule has 1 aliphatic rings. The van der Waals surface area contributed by atoms with Gasteiger partial charge in [-0.25, -0.2) is 4.79 Å². The first-order valence-corrected chi connectivity index (χ1v) is 11.5. The van der Waals surface area contributed by atoms with Crippen LogP contribution in [-0.2, 0) is 20.6 Å². The van der Waals surface area contributed by atoms with Crippen molar-refractivity contribution in [1.82, 2.24) is 28.7 Å². The Hall–Kier alpha value is -4.28. The van der Waals surface area contributed by atoms with Gasteiger partial charge in [-0.2, -0.15) is 18.6 Å². The molecule has 1 fully saturated rings. The molecular weight excluding hydrogens is 470 g/mol. The van der Waals surface area contributed by atoms with E-state index in [1.807, 2.05) is 19.3 Å². The second kappa shape index (κ2) is 8.14. The van der Waals surface area contributed by atoms with Gasteiger partial charge in [0.1, 0.15) is 11.3 Å². The Kier molecular flexibility index (Phi) is 5.02. The lowest BCUT2D eigenvalue weighted by molar-refractivity contribution is -0.0498. The van der Waals surface area contributed by atoms with Gasteiger partial charge in [-0.15, -0.1) is 5.10 Å². The summed E-state index contributed by atoms with van der Waals surface area (Å²) in [4.78, 5) is 27.2. The minimum atomic E-state index is -2.96. The predicted octanol–water partition coefficient (Wildman–Crippen LogP) is 3.45. The molecule has 0 N–H and O–H groups in total. The number of nitrogens with zero attached hydrogens (tertiary/aromatic N) is 6. The molecule has 6 rings (SSSR count). The van der Waals surface area contributed by atoms with Crippen LogP contribution in [0.1, 0.15) is 12.8 Å². The minimum absolute atomic E-state index is 0.0233. The number of hydrogen-bond acceptors (Lipinski definition) is 5. The number of rotatable bonds is 6. The van der Waals surface area contributed by atoms with E-state index < -0.39 is 12.2 Å². The van der Waals surface area contributed by atoms with Crippen LogP contribution in [-0.4, -0.2) is 35.3 Å². The molecule has 3 heterocycles. The van der Waals surface area contributed by atoms with Crippen molar-refractivity contribution < 1.29 is 13.5 Å². The first-order valence-electron chi connectivity index (χ1n) is 11.5. The van der Waals surface area contributed by atoms with Crippen LogP contribution in [0.4, 0.5) is 8.78 Å². The van der Waals surface area contributed by atoms with E-state index in [1.54, 1.807) is 40.6 Å². The Bertz CT molecular complexity index is 1740. The first-order chi connectivity index (χ1) is 17.3. The molecule has 1 saturated carbocycles. The van der Waals surface area contributed by atoms with Crippen molar-refractivity contribution in [2.24, 2.45) is 20.0 Å². The molecule has 0 bridgehead atoms. The summed E-state index contributed by atoms with van der Waals surface area (Å²) in [6.45, 7) is -2.47. The van der Waals surface area contributed by atoms with Crippen molar-refractivity contribution in [3.05, 3.63) is 69.5 Å². The molecule has 11 heteroatoms. The average molecular weight is 492 g/mol. The molecule has 2 aromatic carbocycles. The van der Waals surface area contributed by atoms with Crippen LogP contribution < -0.4 is 16.0 Å². The Morgan fingerprint density at radius 2 is 1.81 bits per heavy atom. The number of fused-ring (bicyclic) bond motifs is 2. The molecule has 3 aromatic heterocycles. The minimum Gasteiger partial charge on any atom is -0.435 e. The number of ether oxygens (including phenoxy) is 1. The third-order valence-electron chi connectivity index (χ3n) is 6.51. The Labute approximate surface area is 202 Å². The van der Waals surface area contributed by atoms with Crippen molar-refractivity contribution >= 4 is 22.1 Å². The summed E-state index contributed by atoms with van der Waals surface area (Å²) in [5.41, 5.74) is 2.13. The third-order valence-corrected chi connectivity index (χ3v) is 6.51. The Morgan fingerprint density at radius 1 is 1.06 bits per heavy atom. The van der Waals surface area contributed by atoms with Gasteiger partial charge >= 0.3 is 12.3 Å². The zero-order valence-electron chi connectivity index (χ0n) is 19.6. The number of aryl methyl sites for hydroxylation is 2. The van der Waals surface area contributed by atoms with Gasteiger partial charge in [0.2, 0.25) is 0 Å². The molecule has 0 aliphatic heterocycles. The summed E-state index contributed by atoms with van der Waals surface area (Å²) in [6, 6.07) is 11.2. The average Bonchev–Trinajstić information content (AvgIpc) is 3.54. The second-order valence-electron chi connectivity index (χ2n) is 9.11. The number of halogens is 2. The van der Waals surface area contributed by atoms with Crippen LogP contribution in [0, 0.1) is 5.92 Å². The zero-order valence-corrected chi connectivity index (χ0v) is 19.6.